The van der Waals surface area contributed by atoms with Crippen LogP contribution in [0.15, 0.2) is 12.1 Å². The van der Waals surface area contributed by atoms with E-state index in [-0.39, 0.29) is 11.9 Å². The number of rotatable bonds is 7. The van der Waals surface area contributed by atoms with Gasteiger partial charge in [0, 0.05) is 24.7 Å². The lowest BCUT2D eigenvalue weighted by Gasteiger charge is -2.14. The third-order valence-electron chi connectivity index (χ3n) is 2.84. The van der Waals surface area contributed by atoms with Gasteiger partial charge in [0.2, 0.25) is 0 Å². The number of methoxy groups -OCH3 is 3. The van der Waals surface area contributed by atoms with Crippen LogP contribution in [0.25, 0.3) is 0 Å². The van der Waals surface area contributed by atoms with Crippen molar-refractivity contribution in [2.75, 3.05) is 27.9 Å². The second-order valence-electron chi connectivity index (χ2n) is 4.43. The number of amides is 1. The van der Waals surface area contributed by atoms with Crippen LogP contribution in [0, 0.1) is 0 Å². The fraction of sp³-hybridized carbons (Fsp3) is 0.500. The maximum Gasteiger partial charge on any atom is 0.255 e. The Morgan fingerprint density at radius 3 is 2.20 bits per heavy atom. The molecule has 0 spiro atoms. The number of benzene rings is 1. The maximum absolute atomic E-state index is 12.1. The van der Waals surface area contributed by atoms with E-state index < -0.39 is 0 Å². The Kier molecular flexibility index (Phi) is 6.11. The van der Waals surface area contributed by atoms with E-state index in [2.05, 4.69) is 5.32 Å². The highest BCUT2D eigenvalue weighted by Crippen LogP contribution is 2.34. The van der Waals surface area contributed by atoms with Crippen LogP contribution in [0.5, 0.6) is 17.2 Å². The molecule has 1 rings (SSSR count). The van der Waals surface area contributed by atoms with Gasteiger partial charge >= 0.3 is 0 Å². The zero-order valence-corrected chi connectivity index (χ0v) is 12.4. The third kappa shape index (κ3) is 4.03. The molecule has 0 saturated heterocycles. The van der Waals surface area contributed by atoms with E-state index >= 15 is 0 Å². The molecule has 0 aliphatic heterocycles. The van der Waals surface area contributed by atoms with Crippen molar-refractivity contribution in [2.24, 2.45) is 5.73 Å². The van der Waals surface area contributed by atoms with Gasteiger partial charge in [-0.2, -0.15) is 0 Å². The lowest BCUT2D eigenvalue weighted by molar-refractivity contribution is 0.0949. The minimum absolute atomic E-state index is 0.0441. The Hall–Kier alpha value is -1.95. The van der Waals surface area contributed by atoms with Gasteiger partial charge in [-0.3, -0.25) is 4.79 Å². The molecule has 0 fully saturated rings. The van der Waals surface area contributed by atoms with Gasteiger partial charge in [-0.25, -0.2) is 0 Å². The SMILES string of the molecule is COc1cc(OC)c(C(=O)NCCC(C)N)cc1OC. The number of ether oxygens (including phenoxy) is 3. The van der Waals surface area contributed by atoms with E-state index in [0.29, 0.717) is 35.8 Å². The molecule has 6 heteroatoms. The normalized spacial score (nSPS) is 11.7. The second-order valence-corrected chi connectivity index (χ2v) is 4.43. The predicted octanol–water partition coefficient (Wildman–Crippen LogP) is 1.18. The van der Waals surface area contributed by atoms with E-state index in [1.54, 1.807) is 12.1 Å². The number of nitrogens with one attached hydrogen (secondary N) is 1. The molecule has 0 radical (unpaired) electrons. The minimum atomic E-state index is -0.233. The Bertz CT molecular complexity index is 461. The smallest absolute Gasteiger partial charge is 0.255 e. The Balaban J connectivity index is 2.94. The lowest BCUT2D eigenvalue weighted by Crippen LogP contribution is -2.29. The summed E-state index contributed by atoms with van der Waals surface area (Å²) in [6.07, 6.45) is 0.710. The van der Waals surface area contributed by atoms with Crippen LogP contribution in [0.4, 0.5) is 0 Å². The highest BCUT2D eigenvalue weighted by atomic mass is 16.5. The molecule has 20 heavy (non-hydrogen) atoms. The van der Waals surface area contributed by atoms with Crippen LogP contribution in [0.3, 0.4) is 0 Å². The van der Waals surface area contributed by atoms with Gasteiger partial charge in [0.05, 0.1) is 26.9 Å². The van der Waals surface area contributed by atoms with Crippen molar-refractivity contribution in [2.45, 2.75) is 19.4 Å². The van der Waals surface area contributed by atoms with Gasteiger partial charge in [-0.05, 0) is 13.3 Å². The molecule has 0 bridgehead atoms. The van der Waals surface area contributed by atoms with Crippen LogP contribution in [-0.2, 0) is 0 Å². The first-order chi connectivity index (χ1) is 9.53. The zero-order valence-electron chi connectivity index (χ0n) is 12.4. The molecule has 1 atom stereocenters. The van der Waals surface area contributed by atoms with E-state index in [1.807, 2.05) is 6.92 Å². The maximum atomic E-state index is 12.1. The number of carbonyl (C=O) groups is 1. The van der Waals surface area contributed by atoms with Crippen molar-refractivity contribution in [3.05, 3.63) is 17.7 Å². The molecule has 1 unspecified atom stereocenters. The third-order valence-corrected chi connectivity index (χ3v) is 2.84. The Morgan fingerprint density at radius 2 is 1.70 bits per heavy atom. The van der Waals surface area contributed by atoms with Crippen molar-refractivity contribution in [1.29, 1.82) is 0 Å². The summed E-state index contributed by atoms with van der Waals surface area (Å²) in [7, 11) is 4.54. The summed E-state index contributed by atoms with van der Waals surface area (Å²) in [5.41, 5.74) is 6.04. The molecule has 1 aromatic carbocycles. The summed E-state index contributed by atoms with van der Waals surface area (Å²) < 4.78 is 15.6. The monoisotopic (exact) mass is 282 g/mol. The van der Waals surface area contributed by atoms with E-state index in [4.69, 9.17) is 19.9 Å². The standard InChI is InChI=1S/C14H22N2O4/c1-9(15)5-6-16-14(17)10-7-12(19-3)13(20-4)8-11(10)18-2/h7-9H,5-6,15H2,1-4H3,(H,16,17). The second kappa shape index (κ2) is 7.59. The molecule has 112 valence electrons. The Morgan fingerprint density at radius 1 is 1.15 bits per heavy atom. The molecular formula is C14H22N2O4. The van der Waals surface area contributed by atoms with E-state index in [9.17, 15) is 4.79 Å². The fourth-order valence-corrected chi connectivity index (χ4v) is 1.72. The van der Waals surface area contributed by atoms with Gasteiger partial charge in [0.25, 0.3) is 5.91 Å². The highest BCUT2D eigenvalue weighted by molar-refractivity contribution is 5.97. The van der Waals surface area contributed by atoms with Gasteiger partial charge in [0.15, 0.2) is 11.5 Å². The molecule has 6 nitrogen and oxygen atoms in total. The van der Waals surface area contributed by atoms with Crippen LogP contribution in [0.1, 0.15) is 23.7 Å². The van der Waals surface area contributed by atoms with Crippen LogP contribution in [0.2, 0.25) is 0 Å². The largest absolute Gasteiger partial charge is 0.496 e. The molecule has 0 saturated carbocycles. The van der Waals surface area contributed by atoms with Gasteiger partial charge in [0.1, 0.15) is 5.75 Å². The van der Waals surface area contributed by atoms with E-state index in [1.165, 1.54) is 21.3 Å². The molecule has 0 heterocycles. The van der Waals surface area contributed by atoms with E-state index in [0.717, 1.165) is 0 Å². The number of hydrogen-bond donors (Lipinski definition) is 2. The minimum Gasteiger partial charge on any atom is -0.496 e. The molecule has 0 aliphatic carbocycles. The molecule has 1 amide bonds. The summed E-state index contributed by atoms with van der Waals surface area (Å²) >= 11 is 0. The fourth-order valence-electron chi connectivity index (χ4n) is 1.72. The van der Waals surface area contributed by atoms with Crippen molar-refractivity contribution in [1.82, 2.24) is 5.32 Å². The lowest BCUT2D eigenvalue weighted by atomic mass is 10.1. The zero-order chi connectivity index (χ0) is 15.1. The van der Waals surface area contributed by atoms with Crippen molar-refractivity contribution in [3.63, 3.8) is 0 Å². The van der Waals surface area contributed by atoms with Gasteiger partial charge < -0.3 is 25.3 Å². The molecule has 1 aromatic rings. The Labute approximate surface area is 119 Å². The predicted molar refractivity (Wildman–Crippen MR) is 76.7 cm³/mol. The summed E-state index contributed by atoms with van der Waals surface area (Å²) in [5, 5.41) is 2.80. The van der Waals surface area contributed by atoms with Crippen molar-refractivity contribution in [3.8, 4) is 17.2 Å². The number of hydrogen-bond acceptors (Lipinski definition) is 5. The van der Waals surface area contributed by atoms with Gasteiger partial charge in [-0.1, -0.05) is 0 Å². The molecular weight excluding hydrogens is 260 g/mol. The van der Waals surface area contributed by atoms with Crippen molar-refractivity contribution < 1.29 is 19.0 Å². The summed E-state index contributed by atoms with van der Waals surface area (Å²) in [4.78, 5) is 12.1. The summed E-state index contributed by atoms with van der Waals surface area (Å²) in [6, 6.07) is 3.26. The average Bonchev–Trinajstić information content (AvgIpc) is 2.45. The first-order valence-corrected chi connectivity index (χ1v) is 6.37. The first-order valence-electron chi connectivity index (χ1n) is 6.37. The van der Waals surface area contributed by atoms with Crippen molar-refractivity contribution >= 4 is 5.91 Å². The molecule has 0 aliphatic rings. The topological polar surface area (TPSA) is 82.8 Å². The van der Waals surface area contributed by atoms with Crippen LogP contribution < -0.4 is 25.3 Å². The van der Waals surface area contributed by atoms with Crippen LogP contribution >= 0.6 is 0 Å². The van der Waals surface area contributed by atoms with Gasteiger partial charge in [-0.15, -0.1) is 0 Å². The van der Waals surface area contributed by atoms with Crippen LogP contribution in [-0.4, -0.2) is 39.8 Å². The number of carbonyl (C=O) groups excluding carboxylic acids is 1. The summed E-state index contributed by atoms with van der Waals surface area (Å²) in [5.74, 6) is 1.19. The average molecular weight is 282 g/mol. The number of nitrogens with two attached hydrogens (primary N) is 1. The highest BCUT2D eigenvalue weighted by Gasteiger charge is 2.17. The first kappa shape index (κ1) is 16.1. The molecule has 3 N–H and O–H groups in total. The summed E-state index contributed by atoms with van der Waals surface area (Å²) in [6.45, 7) is 2.40. The quantitative estimate of drug-likeness (QED) is 0.784. The molecule has 0 aromatic heterocycles.